The van der Waals surface area contributed by atoms with E-state index in [1.54, 1.807) is 6.20 Å². The Morgan fingerprint density at radius 1 is 1.39 bits per heavy atom. The molecule has 3 heteroatoms. The summed E-state index contributed by atoms with van der Waals surface area (Å²) < 4.78 is 2.01. The quantitative estimate of drug-likeness (QED) is 0.754. The Morgan fingerprint density at radius 2 is 2.22 bits per heavy atom. The van der Waals surface area contributed by atoms with Crippen LogP contribution in [-0.4, -0.2) is 15.3 Å². The van der Waals surface area contributed by atoms with Crippen LogP contribution in [0.5, 0.6) is 0 Å². The molecule has 0 aromatic carbocycles. The summed E-state index contributed by atoms with van der Waals surface area (Å²) in [5, 5.41) is 0. The number of hydrogen-bond donors (Lipinski definition) is 0. The predicted molar refractivity (Wildman–Crippen MR) is 71.7 cm³/mol. The van der Waals surface area contributed by atoms with E-state index in [1.807, 2.05) is 36.0 Å². The second kappa shape index (κ2) is 5.63. The van der Waals surface area contributed by atoms with Crippen molar-refractivity contribution in [3.05, 3.63) is 53.6 Å². The normalized spacial score (nSPS) is 10.6. The van der Waals surface area contributed by atoms with Gasteiger partial charge in [-0.3, -0.25) is 9.78 Å². The highest BCUT2D eigenvalue weighted by Gasteiger charge is 2.07. The Kier molecular flexibility index (Phi) is 3.92. The van der Waals surface area contributed by atoms with E-state index in [2.05, 4.69) is 18.0 Å². The molecule has 2 aromatic rings. The van der Waals surface area contributed by atoms with Gasteiger partial charge in [0.1, 0.15) is 0 Å². The van der Waals surface area contributed by atoms with Gasteiger partial charge in [0.05, 0.1) is 12.2 Å². The molecule has 0 unspecified atom stereocenters. The first-order chi connectivity index (χ1) is 8.70. The molecule has 94 valence electrons. The van der Waals surface area contributed by atoms with E-state index >= 15 is 0 Å². The first kappa shape index (κ1) is 12.6. The number of carbonyl (C=O) groups excluding carboxylic acids is 1. The highest BCUT2D eigenvalue weighted by atomic mass is 16.1. The van der Waals surface area contributed by atoms with Gasteiger partial charge in [-0.1, -0.05) is 13.0 Å². The number of Topliss-reactive ketones (excluding diaryl/α,β-unsaturated/α-hetero) is 1. The van der Waals surface area contributed by atoms with Crippen molar-refractivity contribution in [2.24, 2.45) is 0 Å². The van der Waals surface area contributed by atoms with E-state index in [0.717, 1.165) is 17.7 Å². The SMILES string of the molecule is CCCC(=O)c1ccn(Cc2ncccc2C)c1. The average Bonchev–Trinajstić information content (AvgIpc) is 2.81. The van der Waals surface area contributed by atoms with Gasteiger partial charge in [0.2, 0.25) is 0 Å². The first-order valence-corrected chi connectivity index (χ1v) is 6.30. The maximum absolute atomic E-state index is 11.7. The lowest BCUT2D eigenvalue weighted by atomic mass is 10.1. The van der Waals surface area contributed by atoms with Crippen LogP contribution < -0.4 is 0 Å². The first-order valence-electron chi connectivity index (χ1n) is 6.30. The number of hydrogen-bond acceptors (Lipinski definition) is 2. The molecule has 0 fully saturated rings. The zero-order valence-corrected chi connectivity index (χ0v) is 10.9. The number of carbonyl (C=O) groups is 1. The van der Waals surface area contributed by atoms with Gasteiger partial charge < -0.3 is 4.57 Å². The zero-order chi connectivity index (χ0) is 13.0. The van der Waals surface area contributed by atoms with E-state index in [1.165, 1.54) is 5.56 Å². The summed E-state index contributed by atoms with van der Waals surface area (Å²) in [4.78, 5) is 16.1. The van der Waals surface area contributed by atoms with Crippen molar-refractivity contribution in [3.8, 4) is 0 Å². The number of rotatable bonds is 5. The van der Waals surface area contributed by atoms with Gasteiger partial charge in [-0.05, 0) is 31.0 Å². The Hall–Kier alpha value is -1.90. The highest BCUT2D eigenvalue weighted by Crippen LogP contribution is 2.10. The van der Waals surface area contributed by atoms with Gasteiger partial charge in [-0.2, -0.15) is 0 Å². The molecule has 0 spiro atoms. The van der Waals surface area contributed by atoms with Crippen molar-refractivity contribution in [2.75, 3.05) is 0 Å². The molecule has 0 atom stereocenters. The molecule has 0 aliphatic carbocycles. The summed E-state index contributed by atoms with van der Waals surface area (Å²) in [6.07, 6.45) is 7.16. The van der Waals surface area contributed by atoms with E-state index in [-0.39, 0.29) is 5.78 Å². The zero-order valence-electron chi connectivity index (χ0n) is 10.9. The third-order valence-corrected chi connectivity index (χ3v) is 3.00. The monoisotopic (exact) mass is 242 g/mol. The predicted octanol–water partition coefficient (Wildman–Crippen LogP) is 3.22. The van der Waals surface area contributed by atoms with Crippen LogP contribution in [0.15, 0.2) is 36.8 Å². The van der Waals surface area contributed by atoms with Gasteiger partial charge in [0.25, 0.3) is 0 Å². The Balaban J connectivity index is 2.12. The van der Waals surface area contributed by atoms with E-state index in [0.29, 0.717) is 13.0 Å². The Morgan fingerprint density at radius 3 is 2.94 bits per heavy atom. The van der Waals surface area contributed by atoms with Crippen LogP contribution in [-0.2, 0) is 6.54 Å². The summed E-state index contributed by atoms with van der Waals surface area (Å²) in [5.41, 5.74) is 3.01. The smallest absolute Gasteiger partial charge is 0.164 e. The van der Waals surface area contributed by atoms with Gasteiger partial charge in [-0.25, -0.2) is 0 Å². The third-order valence-electron chi connectivity index (χ3n) is 3.00. The maximum Gasteiger partial charge on any atom is 0.164 e. The second-order valence-electron chi connectivity index (χ2n) is 4.51. The van der Waals surface area contributed by atoms with Gasteiger partial charge in [-0.15, -0.1) is 0 Å². The van der Waals surface area contributed by atoms with Crippen molar-refractivity contribution < 1.29 is 4.79 Å². The van der Waals surface area contributed by atoms with Crippen LogP contribution in [0, 0.1) is 6.92 Å². The lowest BCUT2D eigenvalue weighted by Crippen LogP contribution is -2.02. The van der Waals surface area contributed by atoms with Crippen LogP contribution in [0.1, 0.15) is 41.4 Å². The molecule has 0 N–H and O–H groups in total. The van der Waals surface area contributed by atoms with Gasteiger partial charge in [0, 0.05) is 30.6 Å². The van der Waals surface area contributed by atoms with Crippen LogP contribution in [0.2, 0.25) is 0 Å². The minimum atomic E-state index is 0.217. The van der Waals surface area contributed by atoms with Crippen molar-refractivity contribution in [1.82, 2.24) is 9.55 Å². The fraction of sp³-hybridized carbons (Fsp3) is 0.333. The number of aryl methyl sites for hydroxylation is 1. The fourth-order valence-electron chi connectivity index (χ4n) is 1.93. The van der Waals surface area contributed by atoms with Gasteiger partial charge >= 0.3 is 0 Å². The van der Waals surface area contributed by atoms with Crippen molar-refractivity contribution in [2.45, 2.75) is 33.2 Å². The molecule has 0 aliphatic rings. The molecule has 2 aromatic heterocycles. The largest absolute Gasteiger partial charge is 0.348 e. The van der Waals surface area contributed by atoms with Gasteiger partial charge in [0.15, 0.2) is 5.78 Å². The molecule has 0 aliphatic heterocycles. The number of nitrogens with zero attached hydrogens (tertiary/aromatic N) is 2. The summed E-state index contributed by atoms with van der Waals surface area (Å²) in [6, 6.07) is 5.87. The van der Waals surface area contributed by atoms with Crippen LogP contribution in [0.25, 0.3) is 0 Å². The average molecular weight is 242 g/mol. The second-order valence-corrected chi connectivity index (χ2v) is 4.51. The standard InChI is InChI=1S/C15H18N2O/c1-3-5-15(18)13-7-9-17(10-13)11-14-12(2)6-4-8-16-14/h4,6-10H,3,5,11H2,1-2H3. The molecule has 2 rings (SSSR count). The highest BCUT2D eigenvalue weighted by molar-refractivity contribution is 5.95. The molecule has 3 nitrogen and oxygen atoms in total. The van der Waals surface area contributed by atoms with E-state index < -0.39 is 0 Å². The lowest BCUT2D eigenvalue weighted by molar-refractivity contribution is 0.0981. The number of ketones is 1. The Labute approximate surface area is 107 Å². The summed E-state index contributed by atoms with van der Waals surface area (Å²) in [7, 11) is 0. The number of pyridine rings is 1. The van der Waals surface area contributed by atoms with Crippen molar-refractivity contribution in [3.63, 3.8) is 0 Å². The molecule has 0 saturated heterocycles. The number of aromatic nitrogens is 2. The molecular formula is C15H18N2O. The summed E-state index contributed by atoms with van der Waals surface area (Å²) in [5.74, 6) is 0.217. The molecule has 0 radical (unpaired) electrons. The fourth-order valence-corrected chi connectivity index (χ4v) is 1.93. The third kappa shape index (κ3) is 2.86. The molecule has 18 heavy (non-hydrogen) atoms. The molecule has 0 amide bonds. The lowest BCUT2D eigenvalue weighted by Gasteiger charge is -2.05. The minimum absolute atomic E-state index is 0.217. The summed E-state index contributed by atoms with van der Waals surface area (Å²) in [6.45, 7) is 4.78. The molecule has 0 saturated carbocycles. The van der Waals surface area contributed by atoms with Crippen LogP contribution >= 0.6 is 0 Å². The Bertz CT molecular complexity index is 543. The minimum Gasteiger partial charge on any atom is -0.348 e. The van der Waals surface area contributed by atoms with Crippen molar-refractivity contribution >= 4 is 5.78 Å². The van der Waals surface area contributed by atoms with Crippen molar-refractivity contribution in [1.29, 1.82) is 0 Å². The molecular weight excluding hydrogens is 224 g/mol. The summed E-state index contributed by atoms with van der Waals surface area (Å²) >= 11 is 0. The molecule has 0 bridgehead atoms. The van der Waals surface area contributed by atoms with Crippen LogP contribution in [0.3, 0.4) is 0 Å². The van der Waals surface area contributed by atoms with Crippen LogP contribution in [0.4, 0.5) is 0 Å². The van der Waals surface area contributed by atoms with E-state index in [4.69, 9.17) is 0 Å². The topological polar surface area (TPSA) is 34.9 Å². The maximum atomic E-state index is 11.7. The molecule has 2 heterocycles. The van der Waals surface area contributed by atoms with E-state index in [9.17, 15) is 4.79 Å².